The Morgan fingerprint density at radius 2 is 1.94 bits per heavy atom. The van der Waals surface area contributed by atoms with E-state index in [2.05, 4.69) is 12.2 Å². The molecule has 16 heavy (non-hydrogen) atoms. The minimum Gasteiger partial charge on any atom is -0.381 e. The minimum atomic E-state index is 0.334. The van der Waals surface area contributed by atoms with E-state index < -0.39 is 0 Å². The van der Waals surface area contributed by atoms with Gasteiger partial charge in [0.2, 0.25) is 0 Å². The van der Waals surface area contributed by atoms with Crippen molar-refractivity contribution in [3.63, 3.8) is 0 Å². The predicted molar refractivity (Wildman–Crippen MR) is 64.6 cm³/mol. The maximum atomic E-state index is 6.06. The van der Waals surface area contributed by atoms with E-state index >= 15 is 0 Å². The van der Waals surface area contributed by atoms with Crippen LogP contribution in [0.5, 0.6) is 0 Å². The largest absolute Gasteiger partial charge is 0.381 e. The van der Waals surface area contributed by atoms with E-state index in [1.54, 1.807) is 0 Å². The normalized spacial score (nSPS) is 32.6. The second kappa shape index (κ2) is 5.99. The predicted octanol–water partition coefficient (Wildman–Crippen LogP) is 2.10. The van der Waals surface area contributed by atoms with Crippen LogP contribution in [0.25, 0.3) is 0 Å². The van der Waals surface area contributed by atoms with Gasteiger partial charge in [0.05, 0.1) is 18.3 Å². The lowest BCUT2D eigenvalue weighted by Gasteiger charge is -2.30. The quantitative estimate of drug-likeness (QED) is 0.754. The molecule has 0 amide bonds. The van der Waals surface area contributed by atoms with Gasteiger partial charge in [-0.3, -0.25) is 0 Å². The van der Waals surface area contributed by atoms with Crippen molar-refractivity contribution in [1.29, 1.82) is 0 Å². The van der Waals surface area contributed by atoms with Crippen molar-refractivity contribution in [3.8, 4) is 0 Å². The number of methoxy groups -OCH3 is 1. The van der Waals surface area contributed by atoms with Gasteiger partial charge in [-0.2, -0.15) is 0 Å². The van der Waals surface area contributed by atoms with E-state index in [1.165, 1.54) is 32.1 Å². The molecule has 0 aromatic heterocycles. The third kappa shape index (κ3) is 4.04. The lowest BCUT2D eigenvalue weighted by molar-refractivity contribution is -0.0581. The summed E-state index contributed by atoms with van der Waals surface area (Å²) in [6.07, 6.45) is 8.58. The molecule has 2 saturated carbocycles. The van der Waals surface area contributed by atoms with E-state index in [0.717, 1.165) is 19.0 Å². The molecule has 0 radical (unpaired) electrons. The Balaban J connectivity index is 1.62. The van der Waals surface area contributed by atoms with Gasteiger partial charge in [-0.15, -0.1) is 0 Å². The molecule has 1 N–H and O–H groups in total. The molecule has 3 unspecified atom stereocenters. The molecule has 94 valence electrons. The van der Waals surface area contributed by atoms with Crippen LogP contribution in [0.4, 0.5) is 0 Å². The fourth-order valence-electron chi connectivity index (χ4n) is 2.44. The van der Waals surface area contributed by atoms with E-state index in [-0.39, 0.29) is 0 Å². The van der Waals surface area contributed by atoms with Crippen LogP contribution in [0.3, 0.4) is 0 Å². The highest BCUT2D eigenvalue weighted by Crippen LogP contribution is 2.24. The van der Waals surface area contributed by atoms with Gasteiger partial charge in [0.15, 0.2) is 0 Å². The maximum absolute atomic E-state index is 6.06. The van der Waals surface area contributed by atoms with E-state index in [0.29, 0.717) is 18.3 Å². The first-order chi connectivity index (χ1) is 7.78. The Labute approximate surface area is 98.9 Å². The summed E-state index contributed by atoms with van der Waals surface area (Å²) < 4.78 is 11.5. The maximum Gasteiger partial charge on any atom is 0.0675 e. The molecule has 0 aromatic rings. The number of hydrogen-bond acceptors (Lipinski definition) is 3. The second-order valence-electron chi connectivity index (χ2n) is 5.28. The van der Waals surface area contributed by atoms with Crippen molar-refractivity contribution in [2.45, 2.75) is 69.8 Å². The number of hydrogen-bond donors (Lipinski definition) is 1. The molecule has 2 aliphatic rings. The molecule has 2 fully saturated rings. The van der Waals surface area contributed by atoms with E-state index in [4.69, 9.17) is 9.47 Å². The van der Waals surface area contributed by atoms with Gasteiger partial charge in [-0.05, 0) is 45.4 Å². The minimum absolute atomic E-state index is 0.334. The monoisotopic (exact) mass is 227 g/mol. The number of rotatable bonds is 6. The molecule has 0 aliphatic heterocycles. The average molecular weight is 227 g/mol. The van der Waals surface area contributed by atoms with Gasteiger partial charge in [0.25, 0.3) is 0 Å². The molecule has 2 rings (SSSR count). The Hall–Kier alpha value is -0.120. The molecule has 3 nitrogen and oxygen atoms in total. The molecule has 2 aliphatic carbocycles. The zero-order valence-electron chi connectivity index (χ0n) is 10.6. The molecule has 0 heterocycles. The summed E-state index contributed by atoms with van der Waals surface area (Å²) in [7, 11) is 1.81. The molecular formula is C13H25NO2. The van der Waals surface area contributed by atoms with Crippen molar-refractivity contribution >= 4 is 0 Å². The zero-order valence-corrected chi connectivity index (χ0v) is 10.6. The van der Waals surface area contributed by atoms with Crippen LogP contribution in [0.1, 0.15) is 45.4 Å². The summed E-state index contributed by atoms with van der Waals surface area (Å²) in [4.78, 5) is 0. The smallest absolute Gasteiger partial charge is 0.0675 e. The van der Waals surface area contributed by atoms with Crippen LogP contribution in [-0.2, 0) is 9.47 Å². The van der Waals surface area contributed by atoms with Crippen molar-refractivity contribution in [2.75, 3.05) is 13.7 Å². The first-order valence-corrected chi connectivity index (χ1v) is 6.69. The molecule has 3 atom stereocenters. The molecular weight excluding hydrogens is 202 g/mol. The third-order valence-corrected chi connectivity index (χ3v) is 3.61. The lowest BCUT2D eigenvalue weighted by atomic mass is 9.95. The molecule has 0 spiro atoms. The molecule has 0 aromatic carbocycles. The standard InChI is InChI=1S/C13H25NO2/c1-10(9-14-11-6-7-11)16-13-5-3-4-12(8-13)15-2/h10-14H,3-9H2,1-2H3. The van der Waals surface area contributed by atoms with Gasteiger partial charge in [0.1, 0.15) is 0 Å². The topological polar surface area (TPSA) is 30.5 Å². The molecule has 3 heteroatoms. The fraction of sp³-hybridized carbons (Fsp3) is 1.00. The van der Waals surface area contributed by atoms with Crippen LogP contribution in [-0.4, -0.2) is 38.0 Å². The highest BCUT2D eigenvalue weighted by Gasteiger charge is 2.25. The summed E-state index contributed by atoms with van der Waals surface area (Å²) in [5.41, 5.74) is 0. The summed E-state index contributed by atoms with van der Waals surface area (Å²) in [6.45, 7) is 3.17. The fourth-order valence-corrected chi connectivity index (χ4v) is 2.44. The van der Waals surface area contributed by atoms with Gasteiger partial charge >= 0.3 is 0 Å². The Morgan fingerprint density at radius 1 is 1.19 bits per heavy atom. The van der Waals surface area contributed by atoms with Crippen LogP contribution in [0.2, 0.25) is 0 Å². The summed E-state index contributed by atoms with van der Waals surface area (Å²) in [5.74, 6) is 0. The van der Waals surface area contributed by atoms with Crippen LogP contribution in [0, 0.1) is 0 Å². The Bertz CT molecular complexity index is 206. The highest BCUT2D eigenvalue weighted by molar-refractivity contribution is 4.82. The van der Waals surface area contributed by atoms with Gasteiger partial charge in [-0.1, -0.05) is 0 Å². The average Bonchev–Trinajstić information content (AvgIpc) is 3.10. The van der Waals surface area contributed by atoms with Crippen molar-refractivity contribution < 1.29 is 9.47 Å². The zero-order chi connectivity index (χ0) is 11.4. The summed E-state index contributed by atoms with van der Waals surface area (Å²) >= 11 is 0. The van der Waals surface area contributed by atoms with Crippen LogP contribution in [0.15, 0.2) is 0 Å². The van der Waals surface area contributed by atoms with Crippen molar-refractivity contribution in [3.05, 3.63) is 0 Å². The molecule has 0 saturated heterocycles. The van der Waals surface area contributed by atoms with E-state index in [1.807, 2.05) is 7.11 Å². The first-order valence-electron chi connectivity index (χ1n) is 6.69. The van der Waals surface area contributed by atoms with Gasteiger partial charge < -0.3 is 14.8 Å². The van der Waals surface area contributed by atoms with Crippen LogP contribution < -0.4 is 5.32 Å². The van der Waals surface area contributed by atoms with Gasteiger partial charge in [-0.25, -0.2) is 0 Å². The lowest BCUT2D eigenvalue weighted by Crippen LogP contribution is -2.35. The highest BCUT2D eigenvalue weighted by atomic mass is 16.5. The Morgan fingerprint density at radius 3 is 2.62 bits per heavy atom. The summed E-state index contributed by atoms with van der Waals surface area (Å²) in [5, 5.41) is 3.51. The molecule has 0 bridgehead atoms. The van der Waals surface area contributed by atoms with Crippen molar-refractivity contribution in [1.82, 2.24) is 5.32 Å². The summed E-state index contributed by atoms with van der Waals surface area (Å²) in [6, 6.07) is 0.782. The number of ether oxygens (including phenoxy) is 2. The first kappa shape index (κ1) is 12.3. The number of nitrogens with one attached hydrogen (secondary N) is 1. The van der Waals surface area contributed by atoms with Crippen LogP contribution >= 0.6 is 0 Å². The SMILES string of the molecule is COC1CCCC(OC(C)CNC2CC2)C1. The van der Waals surface area contributed by atoms with E-state index in [9.17, 15) is 0 Å². The van der Waals surface area contributed by atoms with Crippen molar-refractivity contribution in [2.24, 2.45) is 0 Å². The second-order valence-corrected chi connectivity index (χ2v) is 5.28. The van der Waals surface area contributed by atoms with Gasteiger partial charge in [0, 0.05) is 19.7 Å². The third-order valence-electron chi connectivity index (χ3n) is 3.61. The Kier molecular flexibility index (Phi) is 4.62.